The molecule has 0 heterocycles. The lowest BCUT2D eigenvalue weighted by Crippen LogP contribution is -2.16. The van der Waals surface area contributed by atoms with Crippen molar-refractivity contribution in [2.24, 2.45) is 5.92 Å². The van der Waals surface area contributed by atoms with Gasteiger partial charge < -0.3 is 5.11 Å². The second-order valence-corrected chi connectivity index (χ2v) is 5.40. The van der Waals surface area contributed by atoms with Crippen LogP contribution < -0.4 is 0 Å². The lowest BCUT2D eigenvalue weighted by Gasteiger charge is -2.26. The molecular weight excluding hydrogens is 196 g/mol. The van der Waals surface area contributed by atoms with Crippen molar-refractivity contribution in [3.8, 4) is 0 Å². The summed E-state index contributed by atoms with van der Waals surface area (Å²) in [5, 5.41) is 9.30. The van der Waals surface area contributed by atoms with Crippen molar-refractivity contribution >= 4 is 17.7 Å². The molecule has 2 unspecified atom stereocenters. The molecule has 1 saturated carbocycles. The van der Waals surface area contributed by atoms with Crippen LogP contribution in [0, 0.1) is 5.92 Å². The van der Waals surface area contributed by atoms with Crippen LogP contribution in [0.5, 0.6) is 0 Å². The standard InChI is InChI=1S/C11H18O2S/c1-8-4-3-5-10(6-8)14-7-9(2)11(12)13/h8,10H,2-7H2,1H3,(H,12,13). The van der Waals surface area contributed by atoms with Gasteiger partial charge in [0.2, 0.25) is 0 Å². The van der Waals surface area contributed by atoms with Gasteiger partial charge in [-0.3, -0.25) is 0 Å². The van der Waals surface area contributed by atoms with Gasteiger partial charge in [-0.25, -0.2) is 4.79 Å². The van der Waals surface area contributed by atoms with Crippen molar-refractivity contribution in [3.05, 3.63) is 12.2 Å². The van der Waals surface area contributed by atoms with Crippen molar-refractivity contribution in [3.63, 3.8) is 0 Å². The number of carboxylic acid groups (broad SMARTS) is 1. The van der Waals surface area contributed by atoms with Gasteiger partial charge in [0.25, 0.3) is 0 Å². The maximum Gasteiger partial charge on any atom is 0.331 e. The van der Waals surface area contributed by atoms with E-state index in [1.807, 2.05) is 0 Å². The van der Waals surface area contributed by atoms with Gasteiger partial charge in [0.1, 0.15) is 0 Å². The molecule has 0 radical (unpaired) electrons. The highest BCUT2D eigenvalue weighted by atomic mass is 32.2. The zero-order valence-corrected chi connectivity index (χ0v) is 9.48. The highest BCUT2D eigenvalue weighted by molar-refractivity contribution is 8.00. The van der Waals surface area contributed by atoms with Crippen LogP contribution in [0.1, 0.15) is 32.6 Å². The Hall–Kier alpha value is -0.440. The van der Waals surface area contributed by atoms with Gasteiger partial charge in [-0.1, -0.05) is 26.3 Å². The fraction of sp³-hybridized carbons (Fsp3) is 0.727. The molecule has 0 aromatic rings. The van der Waals surface area contributed by atoms with Crippen molar-refractivity contribution in [1.29, 1.82) is 0 Å². The Morgan fingerprint density at radius 2 is 2.29 bits per heavy atom. The lowest BCUT2D eigenvalue weighted by molar-refractivity contribution is -0.132. The third-order valence-corrected chi connectivity index (χ3v) is 4.10. The van der Waals surface area contributed by atoms with E-state index in [9.17, 15) is 4.79 Å². The third-order valence-electron chi connectivity index (χ3n) is 2.68. The molecule has 0 saturated heterocycles. The number of rotatable bonds is 4. The summed E-state index contributed by atoms with van der Waals surface area (Å²) in [6.07, 6.45) is 5.09. The Bertz CT molecular complexity index is 225. The number of hydrogen-bond donors (Lipinski definition) is 1. The second kappa shape index (κ2) is 5.44. The molecule has 14 heavy (non-hydrogen) atoms. The van der Waals surface area contributed by atoms with Gasteiger partial charge in [0.05, 0.1) is 0 Å². The van der Waals surface area contributed by atoms with Crippen molar-refractivity contribution in [1.82, 2.24) is 0 Å². The average Bonchev–Trinajstić information content (AvgIpc) is 2.14. The summed E-state index contributed by atoms with van der Waals surface area (Å²) >= 11 is 1.76. The minimum Gasteiger partial charge on any atom is -0.478 e. The van der Waals surface area contributed by atoms with Crippen LogP contribution in [-0.2, 0) is 4.79 Å². The van der Waals surface area contributed by atoms with Gasteiger partial charge in [0.15, 0.2) is 0 Å². The Kier molecular flexibility index (Phi) is 4.52. The molecule has 0 spiro atoms. The van der Waals surface area contributed by atoms with E-state index < -0.39 is 5.97 Å². The largest absolute Gasteiger partial charge is 0.478 e. The van der Waals surface area contributed by atoms with Crippen molar-refractivity contribution < 1.29 is 9.90 Å². The second-order valence-electron chi connectivity index (χ2n) is 4.11. The highest BCUT2D eigenvalue weighted by Crippen LogP contribution is 2.32. The number of hydrogen-bond acceptors (Lipinski definition) is 2. The van der Waals surface area contributed by atoms with Gasteiger partial charge >= 0.3 is 5.97 Å². The summed E-state index contributed by atoms with van der Waals surface area (Å²) in [5.74, 6) is 0.521. The fourth-order valence-corrected chi connectivity index (χ4v) is 3.17. The molecule has 1 aliphatic rings. The Morgan fingerprint density at radius 3 is 2.86 bits per heavy atom. The summed E-state index contributed by atoms with van der Waals surface area (Å²) in [5.41, 5.74) is 0.327. The molecule has 80 valence electrons. The van der Waals surface area contributed by atoms with Crippen LogP contribution in [0.25, 0.3) is 0 Å². The summed E-state index contributed by atoms with van der Waals surface area (Å²) < 4.78 is 0. The molecule has 0 amide bonds. The van der Waals surface area contributed by atoms with Crippen LogP contribution in [-0.4, -0.2) is 22.1 Å². The van der Waals surface area contributed by atoms with E-state index >= 15 is 0 Å². The smallest absolute Gasteiger partial charge is 0.331 e. The van der Waals surface area contributed by atoms with Gasteiger partial charge in [-0.05, 0) is 18.8 Å². The van der Waals surface area contributed by atoms with E-state index in [0.29, 0.717) is 16.6 Å². The monoisotopic (exact) mass is 214 g/mol. The highest BCUT2D eigenvalue weighted by Gasteiger charge is 2.19. The molecule has 2 atom stereocenters. The van der Waals surface area contributed by atoms with Crippen LogP contribution in [0.3, 0.4) is 0 Å². The molecule has 1 fully saturated rings. The molecule has 0 bridgehead atoms. The van der Waals surface area contributed by atoms with Gasteiger partial charge in [-0.2, -0.15) is 11.8 Å². The zero-order chi connectivity index (χ0) is 10.6. The van der Waals surface area contributed by atoms with Crippen LogP contribution >= 0.6 is 11.8 Å². The molecule has 2 nitrogen and oxygen atoms in total. The predicted molar refractivity (Wildman–Crippen MR) is 60.7 cm³/mol. The summed E-state index contributed by atoms with van der Waals surface area (Å²) in [4.78, 5) is 10.5. The molecule has 1 N–H and O–H groups in total. The summed E-state index contributed by atoms with van der Waals surface area (Å²) in [7, 11) is 0. The van der Waals surface area contributed by atoms with E-state index in [1.165, 1.54) is 25.7 Å². The number of thioether (sulfide) groups is 1. The predicted octanol–water partition coefficient (Wildman–Crippen LogP) is 2.94. The van der Waals surface area contributed by atoms with Crippen LogP contribution in [0.15, 0.2) is 12.2 Å². The first kappa shape index (κ1) is 11.6. The van der Waals surface area contributed by atoms with E-state index in [-0.39, 0.29) is 0 Å². The van der Waals surface area contributed by atoms with E-state index in [4.69, 9.17) is 5.11 Å². The topological polar surface area (TPSA) is 37.3 Å². The van der Waals surface area contributed by atoms with Gasteiger partial charge in [-0.15, -0.1) is 0 Å². The maximum absolute atomic E-state index is 10.5. The molecule has 1 rings (SSSR count). The molecule has 3 heteroatoms. The SMILES string of the molecule is C=C(CSC1CCCC(C)C1)C(=O)O. The molecule has 0 aromatic heterocycles. The molecular formula is C11H18O2S. The van der Waals surface area contributed by atoms with E-state index in [2.05, 4.69) is 13.5 Å². The zero-order valence-electron chi connectivity index (χ0n) is 8.66. The lowest BCUT2D eigenvalue weighted by atomic mass is 9.91. The Balaban J connectivity index is 2.24. The Labute approximate surface area is 89.8 Å². The first-order valence-electron chi connectivity index (χ1n) is 5.12. The normalized spacial score (nSPS) is 27.2. The van der Waals surface area contributed by atoms with Crippen molar-refractivity contribution in [2.45, 2.75) is 37.9 Å². The first-order chi connectivity index (χ1) is 6.59. The summed E-state index contributed by atoms with van der Waals surface area (Å²) in [6.45, 7) is 5.81. The average molecular weight is 214 g/mol. The molecule has 0 aliphatic heterocycles. The Morgan fingerprint density at radius 1 is 1.57 bits per heavy atom. The third kappa shape index (κ3) is 3.74. The number of aliphatic carboxylic acids is 1. The number of carboxylic acids is 1. The van der Waals surface area contributed by atoms with Crippen LogP contribution in [0.4, 0.5) is 0 Å². The van der Waals surface area contributed by atoms with Gasteiger partial charge in [0, 0.05) is 16.6 Å². The van der Waals surface area contributed by atoms with E-state index in [1.54, 1.807) is 11.8 Å². The van der Waals surface area contributed by atoms with E-state index in [0.717, 1.165) is 5.92 Å². The van der Waals surface area contributed by atoms with Crippen molar-refractivity contribution in [2.75, 3.05) is 5.75 Å². The first-order valence-corrected chi connectivity index (χ1v) is 6.17. The summed E-state index contributed by atoms with van der Waals surface area (Å²) in [6, 6.07) is 0. The maximum atomic E-state index is 10.5. The fourth-order valence-electron chi connectivity index (χ4n) is 1.81. The quantitative estimate of drug-likeness (QED) is 0.731. The minimum atomic E-state index is -0.860. The molecule has 0 aromatic carbocycles. The number of carbonyl (C=O) groups is 1. The molecule has 1 aliphatic carbocycles. The minimum absolute atomic E-state index is 0.327. The van der Waals surface area contributed by atoms with Crippen LogP contribution in [0.2, 0.25) is 0 Å².